The molecule has 3 rings (SSSR count). The highest BCUT2D eigenvalue weighted by atomic mass is 16.6. The Morgan fingerprint density at radius 2 is 2.13 bits per heavy atom. The average Bonchev–Trinajstić information content (AvgIpc) is 3.35. The number of anilines is 1. The summed E-state index contributed by atoms with van der Waals surface area (Å²) in [6.45, 7) is 5.70. The Morgan fingerprint density at radius 3 is 2.74 bits per heavy atom. The lowest BCUT2D eigenvalue weighted by Crippen LogP contribution is -2.21. The summed E-state index contributed by atoms with van der Waals surface area (Å²) in [5.41, 5.74) is 1.97. The predicted molar refractivity (Wildman–Crippen MR) is 114 cm³/mol. The molecular formula is C22H27N5O4. The van der Waals surface area contributed by atoms with Crippen LogP contribution in [0.5, 0.6) is 0 Å². The van der Waals surface area contributed by atoms with Crippen LogP contribution in [0, 0.1) is 24.2 Å². The van der Waals surface area contributed by atoms with Crippen LogP contribution in [-0.2, 0) is 16.6 Å². The number of nitrogens with zero attached hydrogens (tertiary/aromatic N) is 4. The summed E-state index contributed by atoms with van der Waals surface area (Å²) in [7, 11) is 1.67. The largest absolute Gasteiger partial charge is 0.481 e. The lowest BCUT2D eigenvalue weighted by Gasteiger charge is -2.13. The standard InChI is InChI=1S/C22H27N5O4/c1-5-6-14(2)31-21(30)24-20-19(25-26-27(20)4)17-8-7-16(15(3)23-17)9-10-22(11-12-22)13-18(28)29/h7-8,14H,5-6,11-13H2,1-4H3,(H,24,30)(H,28,29). The van der Waals surface area contributed by atoms with Crippen LogP contribution < -0.4 is 5.32 Å². The first-order chi connectivity index (χ1) is 14.7. The summed E-state index contributed by atoms with van der Waals surface area (Å²) in [5, 5.41) is 19.9. The molecule has 1 aliphatic carbocycles. The third-order valence-corrected chi connectivity index (χ3v) is 5.18. The number of carbonyl (C=O) groups is 2. The first-order valence-electron chi connectivity index (χ1n) is 10.3. The third-order valence-electron chi connectivity index (χ3n) is 5.18. The van der Waals surface area contributed by atoms with Crippen LogP contribution >= 0.6 is 0 Å². The monoisotopic (exact) mass is 425 g/mol. The van der Waals surface area contributed by atoms with E-state index in [1.807, 2.05) is 26.8 Å². The molecule has 164 valence electrons. The SMILES string of the molecule is CCCC(C)OC(=O)Nc1c(-c2ccc(C#CC3(CC(=O)O)CC3)c(C)n2)nnn1C. The Bertz CT molecular complexity index is 1050. The fourth-order valence-corrected chi connectivity index (χ4v) is 3.26. The van der Waals surface area contributed by atoms with E-state index in [-0.39, 0.29) is 12.5 Å². The van der Waals surface area contributed by atoms with E-state index in [0.29, 0.717) is 22.9 Å². The summed E-state index contributed by atoms with van der Waals surface area (Å²) in [6.07, 6.45) is 2.61. The fourth-order valence-electron chi connectivity index (χ4n) is 3.26. The molecule has 2 heterocycles. The van der Waals surface area contributed by atoms with Gasteiger partial charge < -0.3 is 9.84 Å². The number of ether oxygens (including phenoxy) is 1. The molecule has 1 saturated carbocycles. The minimum Gasteiger partial charge on any atom is -0.481 e. The highest BCUT2D eigenvalue weighted by molar-refractivity contribution is 5.88. The molecular weight excluding hydrogens is 398 g/mol. The first kappa shape index (κ1) is 22.3. The molecule has 9 nitrogen and oxygen atoms in total. The van der Waals surface area contributed by atoms with Crippen molar-refractivity contribution in [2.24, 2.45) is 12.5 Å². The van der Waals surface area contributed by atoms with Crippen molar-refractivity contribution < 1.29 is 19.4 Å². The van der Waals surface area contributed by atoms with Crippen molar-refractivity contribution in [2.45, 2.75) is 59.0 Å². The van der Waals surface area contributed by atoms with Gasteiger partial charge in [0, 0.05) is 18.0 Å². The predicted octanol–water partition coefficient (Wildman–Crippen LogP) is 3.53. The van der Waals surface area contributed by atoms with E-state index in [1.54, 1.807) is 13.1 Å². The van der Waals surface area contributed by atoms with Crippen LogP contribution in [0.1, 0.15) is 57.2 Å². The number of nitrogens with one attached hydrogen (secondary N) is 1. The molecule has 0 spiro atoms. The second-order valence-corrected chi connectivity index (χ2v) is 7.97. The zero-order valence-corrected chi connectivity index (χ0v) is 18.2. The smallest absolute Gasteiger partial charge is 0.413 e. The number of aryl methyl sites for hydroxylation is 2. The van der Waals surface area contributed by atoms with Gasteiger partial charge in [-0.25, -0.2) is 14.5 Å². The molecule has 31 heavy (non-hydrogen) atoms. The van der Waals surface area contributed by atoms with E-state index in [1.165, 1.54) is 4.68 Å². The van der Waals surface area contributed by atoms with Crippen LogP contribution in [0.2, 0.25) is 0 Å². The molecule has 2 N–H and O–H groups in total. The van der Waals surface area contributed by atoms with Crippen molar-refractivity contribution in [3.63, 3.8) is 0 Å². The van der Waals surface area contributed by atoms with Crippen LogP contribution in [-0.4, -0.2) is 43.3 Å². The molecule has 1 aliphatic rings. The van der Waals surface area contributed by atoms with Gasteiger partial charge in [-0.1, -0.05) is 30.4 Å². The fraction of sp³-hybridized carbons (Fsp3) is 0.500. The van der Waals surface area contributed by atoms with Gasteiger partial charge in [-0.3, -0.25) is 10.1 Å². The third kappa shape index (κ3) is 5.60. The van der Waals surface area contributed by atoms with Crippen molar-refractivity contribution >= 4 is 17.9 Å². The molecule has 0 aromatic carbocycles. The number of hydrogen-bond acceptors (Lipinski definition) is 6. The topological polar surface area (TPSA) is 119 Å². The number of carboxylic acids is 1. The first-order valence-corrected chi connectivity index (χ1v) is 10.3. The highest BCUT2D eigenvalue weighted by Crippen LogP contribution is 2.48. The summed E-state index contributed by atoms with van der Waals surface area (Å²) >= 11 is 0. The van der Waals surface area contributed by atoms with Gasteiger partial charge >= 0.3 is 12.1 Å². The molecule has 1 unspecified atom stereocenters. The summed E-state index contributed by atoms with van der Waals surface area (Å²) < 4.78 is 6.80. The van der Waals surface area contributed by atoms with E-state index >= 15 is 0 Å². The van der Waals surface area contributed by atoms with Gasteiger partial charge in [-0.05, 0) is 45.2 Å². The normalized spacial score (nSPS) is 14.8. The molecule has 1 fully saturated rings. The van der Waals surface area contributed by atoms with Crippen LogP contribution in [0.3, 0.4) is 0 Å². The summed E-state index contributed by atoms with van der Waals surface area (Å²) in [4.78, 5) is 27.8. The lowest BCUT2D eigenvalue weighted by molar-refractivity contribution is -0.137. The van der Waals surface area contributed by atoms with Crippen molar-refractivity contribution in [1.29, 1.82) is 0 Å². The number of rotatable bonds is 7. The molecule has 1 atom stereocenters. The van der Waals surface area contributed by atoms with E-state index in [9.17, 15) is 9.59 Å². The average molecular weight is 425 g/mol. The van der Waals surface area contributed by atoms with Gasteiger partial charge in [-0.15, -0.1) is 5.10 Å². The number of pyridine rings is 1. The number of amides is 1. The second-order valence-electron chi connectivity index (χ2n) is 7.97. The summed E-state index contributed by atoms with van der Waals surface area (Å²) in [6, 6.07) is 3.58. The van der Waals surface area contributed by atoms with Crippen LogP contribution in [0.25, 0.3) is 11.4 Å². The van der Waals surface area contributed by atoms with Crippen molar-refractivity contribution in [1.82, 2.24) is 20.0 Å². The van der Waals surface area contributed by atoms with E-state index in [0.717, 1.165) is 31.2 Å². The maximum atomic E-state index is 12.2. The van der Waals surface area contributed by atoms with Crippen LogP contribution in [0.4, 0.5) is 10.6 Å². The van der Waals surface area contributed by atoms with Crippen molar-refractivity contribution in [3.05, 3.63) is 23.4 Å². The lowest BCUT2D eigenvalue weighted by atomic mass is 10.0. The van der Waals surface area contributed by atoms with Gasteiger partial charge in [-0.2, -0.15) is 0 Å². The number of aliphatic carboxylic acids is 1. The van der Waals surface area contributed by atoms with Gasteiger partial charge in [0.15, 0.2) is 11.5 Å². The zero-order chi connectivity index (χ0) is 22.6. The van der Waals surface area contributed by atoms with Crippen LogP contribution in [0.15, 0.2) is 12.1 Å². The van der Waals surface area contributed by atoms with E-state index in [2.05, 4.69) is 32.5 Å². The van der Waals surface area contributed by atoms with E-state index < -0.39 is 17.5 Å². The molecule has 9 heteroatoms. The quantitative estimate of drug-likeness (QED) is 0.651. The maximum absolute atomic E-state index is 12.2. The Labute approximate surface area is 181 Å². The zero-order valence-electron chi connectivity index (χ0n) is 18.2. The second kappa shape index (κ2) is 9.16. The van der Waals surface area contributed by atoms with Gasteiger partial charge in [0.2, 0.25) is 0 Å². The molecule has 0 aliphatic heterocycles. The number of carbonyl (C=O) groups excluding carboxylic acids is 1. The minimum absolute atomic E-state index is 0.0617. The molecule has 0 bridgehead atoms. The summed E-state index contributed by atoms with van der Waals surface area (Å²) in [5.74, 6) is 5.75. The number of aromatic nitrogens is 4. The van der Waals surface area contributed by atoms with Gasteiger partial charge in [0.05, 0.1) is 17.8 Å². The van der Waals surface area contributed by atoms with Gasteiger partial charge in [0.1, 0.15) is 6.10 Å². The Morgan fingerprint density at radius 1 is 1.39 bits per heavy atom. The molecule has 2 aromatic rings. The number of hydrogen-bond donors (Lipinski definition) is 2. The van der Waals surface area contributed by atoms with Gasteiger partial charge in [0.25, 0.3) is 0 Å². The molecule has 2 aromatic heterocycles. The molecule has 1 amide bonds. The van der Waals surface area contributed by atoms with Crippen molar-refractivity contribution in [3.8, 4) is 23.2 Å². The Hall–Kier alpha value is -3.41. The maximum Gasteiger partial charge on any atom is 0.413 e. The Kier molecular flexibility index (Phi) is 6.59. The molecule has 0 radical (unpaired) electrons. The Balaban J connectivity index is 1.78. The molecule has 0 saturated heterocycles. The highest BCUT2D eigenvalue weighted by Gasteiger charge is 2.43. The van der Waals surface area contributed by atoms with Crippen molar-refractivity contribution in [2.75, 3.05) is 5.32 Å². The minimum atomic E-state index is -0.831. The number of carboxylic acid groups (broad SMARTS) is 1. The van der Waals surface area contributed by atoms with E-state index in [4.69, 9.17) is 9.84 Å².